The molecule has 1 amide bonds. The van der Waals surface area contributed by atoms with Gasteiger partial charge in [0.05, 0.1) is 32.0 Å². The quantitative estimate of drug-likeness (QED) is 0.0204. The van der Waals surface area contributed by atoms with Crippen molar-refractivity contribution in [1.82, 2.24) is 5.32 Å². The lowest BCUT2D eigenvalue weighted by Gasteiger charge is -2.46. The number of ether oxygens (including phenoxy) is 4. The number of nitrogens with one attached hydrogen (secondary N) is 1. The number of amides is 1. The molecule has 14 nitrogen and oxygen atoms in total. The Morgan fingerprint density at radius 1 is 0.343 bits per heavy atom. The van der Waals surface area contributed by atoms with Crippen molar-refractivity contribution in [3.05, 3.63) is 146 Å². The van der Waals surface area contributed by atoms with Gasteiger partial charge in [0, 0.05) is 6.42 Å². The zero-order valence-corrected chi connectivity index (χ0v) is 68.3. The van der Waals surface area contributed by atoms with E-state index < -0.39 is 86.8 Å². The minimum atomic E-state index is -1.80. The second-order valence-corrected chi connectivity index (χ2v) is 30.3. The summed E-state index contributed by atoms with van der Waals surface area (Å²) in [5, 5.41) is 87.8. The van der Waals surface area contributed by atoms with Gasteiger partial charge in [0.25, 0.3) is 0 Å². The first-order valence-electron chi connectivity index (χ1n) is 44.1. The summed E-state index contributed by atoms with van der Waals surface area (Å²) in [5.74, 6) is -0.256. The lowest BCUT2D eigenvalue weighted by molar-refractivity contribution is -0.359. The molecule has 2 aliphatic heterocycles. The van der Waals surface area contributed by atoms with Gasteiger partial charge < -0.3 is 65.1 Å². The largest absolute Gasteiger partial charge is 0.394 e. The fourth-order valence-electron chi connectivity index (χ4n) is 13.6. The van der Waals surface area contributed by atoms with Crippen LogP contribution in [0.4, 0.5) is 0 Å². The highest BCUT2D eigenvalue weighted by Gasteiger charge is 2.51. The molecule has 0 aromatic heterocycles. The standard InChI is InChI=1S/C94H161NO13/c1-3-5-7-9-11-13-15-17-19-21-23-25-27-29-31-33-35-37-38-39-40-41-42-43-44-46-48-50-52-54-56-58-60-62-64-66-68-70-72-74-76-78-86(99)95-82(81-105-93-91(104)89(102)92(85(80-97)107-93)108-94-90(103)88(101)87(100)84(79-96)106-94)83(98)77-75-73-71-69-67-65-63-61-59-57-55-53-51-49-47-45-36-34-32-30-28-26-24-22-20-18-16-14-12-10-8-6-4-2/h5,7,11,13,17,19,23,25,29,31,35,37,39-40,42-43,46,48,52,54,67,69,75,77,82-85,87-94,96-98,100-104H,3-4,6,8-10,12,14-16,18,20-22,24,26-28,30,32-34,36,38,41,44-45,47,49-51,53,55-66,68,70-74,76,78-81H2,1-2H3,(H,95,99)/b7-5-,13-11-,19-17-,25-23-,31-29-,37-35-,40-39-,43-42-,48-46-,54-52-,69-67+,77-75+. The average Bonchev–Trinajstić information content (AvgIpc) is 0.789. The van der Waals surface area contributed by atoms with Gasteiger partial charge in [-0.25, -0.2) is 0 Å². The number of aliphatic hydroxyl groups excluding tert-OH is 8. The van der Waals surface area contributed by atoms with Crippen LogP contribution in [0.3, 0.4) is 0 Å². The molecule has 2 heterocycles. The van der Waals surface area contributed by atoms with Crippen molar-refractivity contribution in [2.45, 2.75) is 421 Å². The van der Waals surface area contributed by atoms with Gasteiger partial charge >= 0.3 is 0 Å². The molecule has 2 rings (SSSR count). The van der Waals surface area contributed by atoms with E-state index >= 15 is 0 Å². The molecular weight excluding hydrogens is 1350 g/mol. The maximum absolute atomic E-state index is 13.4. The summed E-state index contributed by atoms with van der Waals surface area (Å²) in [6.45, 7) is 2.70. The predicted octanol–water partition coefficient (Wildman–Crippen LogP) is 21.5. The van der Waals surface area contributed by atoms with E-state index in [0.29, 0.717) is 12.8 Å². The molecule has 9 N–H and O–H groups in total. The number of unbranched alkanes of at least 4 members (excludes halogenated alkanes) is 38. The Morgan fingerprint density at radius 2 is 0.648 bits per heavy atom. The molecule has 12 atom stereocenters. The molecule has 14 heteroatoms. The lowest BCUT2D eigenvalue weighted by atomic mass is 9.97. The van der Waals surface area contributed by atoms with Crippen LogP contribution in [0, 0.1) is 0 Å². The fourth-order valence-corrected chi connectivity index (χ4v) is 13.6. The van der Waals surface area contributed by atoms with E-state index in [0.717, 1.165) is 103 Å². The van der Waals surface area contributed by atoms with E-state index in [1.54, 1.807) is 6.08 Å². The topological polar surface area (TPSA) is 228 Å². The van der Waals surface area contributed by atoms with Gasteiger partial charge in [0.15, 0.2) is 12.6 Å². The van der Waals surface area contributed by atoms with Gasteiger partial charge in [0.1, 0.15) is 48.8 Å². The number of rotatable bonds is 73. The van der Waals surface area contributed by atoms with E-state index in [1.165, 1.54) is 212 Å². The van der Waals surface area contributed by atoms with Gasteiger partial charge in [0.2, 0.25) is 5.91 Å². The second-order valence-electron chi connectivity index (χ2n) is 30.3. The molecule has 0 aliphatic carbocycles. The number of carbonyl (C=O) groups is 1. The summed E-state index contributed by atoms with van der Waals surface area (Å²) < 4.78 is 22.9. The van der Waals surface area contributed by atoms with Gasteiger partial charge in [-0.1, -0.05) is 378 Å². The minimum absolute atomic E-state index is 0.256. The molecule has 2 aliphatic rings. The van der Waals surface area contributed by atoms with Crippen LogP contribution in [-0.4, -0.2) is 140 Å². The van der Waals surface area contributed by atoms with Gasteiger partial charge in [-0.15, -0.1) is 0 Å². The van der Waals surface area contributed by atoms with Crippen LogP contribution in [-0.2, 0) is 23.7 Å². The Hall–Kier alpha value is -4.13. The summed E-state index contributed by atoms with van der Waals surface area (Å²) in [6, 6.07) is -0.946. The molecule has 0 spiro atoms. The highest BCUT2D eigenvalue weighted by molar-refractivity contribution is 5.76. The number of allylic oxidation sites excluding steroid dienone is 23. The molecule has 0 aromatic rings. The summed E-state index contributed by atoms with van der Waals surface area (Å²) in [6.07, 6.45) is 98.0. The SMILES string of the molecule is CC/C=C\C/C=C\C/C=C\C/C=C\C/C=C\C/C=C\C/C=C\C/C=C\C/C=C\C/C=C\CCCCCCCCCCCCC(=O)NC(COC1OC(CO)C(OC2OC(CO)C(O)C(O)C2O)C(O)C1O)C(O)/C=C/CC/C=C/CCCCCCCCCCCCCCCCCCCCCCCCCCCCC. The second kappa shape index (κ2) is 75.6. The number of aliphatic hydroxyl groups is 8. The Labute approximate surface area is 659 Å². The first-order valence-corrected chi connectivity index (χ1v) is 44.1. The molecule has 2 fully saturated rings. The highest BCUT2D eigenvalue weighted by atomic mass is 16.7. The molecular formula is C94H161NO13. The van der Waals surface area contributed by atoms with Crippen LogP contribution in [0.15, 0.2) is 146 Å². The summed E-state index contributed by atoms with van der Waals surface area (Å²) in [4.78, 5) is 13.4. The maximum atomic E-state index is 13.4. The smallest absolute Gasteiger partial charge is 0.220 e. The Morgan fingerprint density at radius 3 is 1.02 bits per heavy atom. The van der Waals surface area contributed by atoms with E-state index in [9.17, 15) is 45.6 Å². The lowest BCUT2D eigenvalue weighted by Crippen LogP contribution is -2.65. The van der Waals surface area contributed by atoms with Crippen molar-refractivity contribution in [3.8, 4) is 0 Å². The van der Waals surface area contributed by atoms with Crippen molar-refractivity contribution in [2.75, 3.05) is 19.8 Å². The summed E-state index contributed by atoms with van der Waals surface area (Å²) in [5.41, 5.74) is 0. The van der Waals surface area contributed by atoms with E-state index in [-0.39, 0.29) is 18.9 Å². The average molecular weight is 1510 g/mol. The van der Waals surface area contributed by atoms with Crippen LogP contribution in [0.2, 0.25) is 0 Å². The van der Waals surface area contributed by atoms with Crippen molar-refractivity contribution < 1.29 is 64.6 Å². The van der Waals surface area contributed by atoms with Gasteiger partial charge in [-0.05, 0) is 109 Å². The molecule has 0 bridgehead atoms. The molecule has 0 radical (unpaired) electrons. The molecule has 12 unspecified atom stereocenters. The number of carbonyl (C=O) groups excluding carboxylic acids is 1. The van der Waals surface area contributed by atoms with Crippen LogP contribution in [0.25, 0.3) is 0 Å². The van der Waals surface area contributed by atoms with Crippen molar-refractivity contribution in [1.29, 1.82) is 0 Å². The summed E-state index contributed by atoms with van der Waals surface area (Å²) >= 11 is 0. The van der Waals surface area contributed by atoms with Gasteiger partial charge in [-0.2, -0.15) is 0 Å². The fraction of sp³-hybridized carbons (Fsp3) is 0.734. The molecule has 620 valence electrons. The Kier molecular flexibility index (Phi) is 69.9. The van der Waals surface area contributed by atoms with E-state index in [4.69, 9.17) is 18.9 Å². The van der Waals surface area contributed by atoms with Crippen LogP contribution < -0.4 is 5.32 Å². The highest BCUT2D eigenvalue weighted by Crippen LogP contribution is 2.30. The number of hydrogen-bond donors (Lipinski definition) is 9. The Bertz CT molecular complexity index is 2390. The van der Waals surface area contributed by atoms with E-state index in [2.05, 4.69) is 153 Å². The van der Waals surface area contributed by atoms with Gasteiger partial charge in [-0.3, -0.25) is 4.79 Å². The van der Waals surface area contributed by atoms with Crippen molar-refractivity contribution in [2.24, 2.45) is 0 Å². The normalized spacial score (nSPS) is 21.9. The Balaban J connectivity index is 1.61. The van der Waals surface area contributed by atoms with Crippen LogP contribution >= 0.6 is 0 Å². The van der Waals surface area contributed by atoms with Crippen molar-refractivity contribution in [3.63, 3.8) is 0 Å². The minimum Gasteiger partial charge on any atom is -0.394 e. The molecule has 0 saturated carbocycles. The third kappa shape index (κ3) is 57.0. The number of hydrogen-bond acceptors (Lipinski definition) is 13. The monoisotopic (exact) mass is 1510 g/mol. The van der Waals surface area contributed by atoms with Crippen LogP contribution in [0.1, 0.15) is 348 Å². The zero-order valence-electron chi connectivity index (χ0n) is 68.3. The zero-order chi connectivity index (χ0) is 77.9. The first-order chi connectivity index (χ1) is 53.1. The van der Waals surface area contributed by atoms with Crippen molar-refractivity contribution >= 4 is 5.91 Å². The third-order valence-electron chi connectivity index (χ3n) is 20.5. The third-order valence-corrected chi connectivity index (χ3v) is 20.5. The maximum Gasteiger partial charge on any atom is 0.220 e. The predicted molar refractivity (Wildman–Crippen MR) is 451 cm³/mol. The van der Waals surface area contributed by atoms with E-state index in [1.807, 2.05) is 6.08 Å². The molecule has 2 saturated heterocycles. The first kappa shape index (κ1) is 99.9. The molecule has 0 aromatic carbocycles. The summed E-state index contributed by atoms with van der Waals surface area (Å²) in [7, 11) is 0. The van der Waals surface area contributed by atoms with Crippen LogP contribution in [0.5, 0.6) is 0 Å². The molecule has 108 heavy (non-hydrogen) atoms.